The zero-order chi connectivity index (χ0) is 11.4. The molecule has 2 rings (SSSR count). The van der Waals surface area contributed by atoms with E-state index in [1.54, 1.807) is 0 Å². The van der Waals surface area contributed by atoms with E-state index in [-0.39, 0.29) is 0 Å². The molecule has 0 N–H and O–H groups in total. The van der Waals surface area contributed by atoms with E-state index in [1.807, 2.05) is 32.0 Å². The van der Waals surface area contributed by atoms with Gasteiger partial charge < -0.3 is 4.84 Å². The molecule has 0 radical (unpaired) electrons. The standard InChI is InChI=1S/C14H15NO/c1-11(2)15-16-10-13-8-5-7-12-6-3-4-9-14(12)13/h3-9H,10H2,1-2H3. The molecule has 2 aromatic rings. The largest absolute Gasteiger partial charge is 0.391 e. The molecular formula is C14H15NO. The maximum Gasteiger partial charge on any atom is 0.142 e. The molecule has 0 heterocycles. The molecule has 0 spiro atoms. The van der Waals surface area contributed by atoms with Gasteiger partial charge in [0.05, 0.1) is 5.71 Å². The normalized spacial score (nSPS) is 10.1. The first-order valence-corrected chi connectivity index (χ1v) is 5.37. The van der Waals surface area contributed by atoms with Gasteiger partial charge in [0, 0.05) is 0 Å². The van der Waals surface area contributed by atoms with E-state index in [4.69, 9.17) is 4.84 Å². The number of benzene rings is 2. The minimum Gasteiger partial charge on any atom is -0.391 e. The molecule has 0 bridgehead atoms. The van der Waals surface area contributed by atoms with Gasteiger partial charge in [0.25, 0.3) is 0 Å². The third-order valence-electron chi connectivity index (χ3n) is 2.35. The Labute approximate surface area is 95.5 Å². The Hall–Kier alpha value is -1.83. The molecule has 0 aliphatic carbocycles. The van der Waals surface area contributed by atoms with Gasteiger partial charge in [-0.05, 0) is 30.2 Å². The maximum absolute atomic E-state index is 5.28. The Balaban J connectivity index is 2.27. The van der Waals surface area contributed by atoms with Gasteiger partial charge in [-0.2, -0.15) is 0 Å². The van der Waals surface area contributed by atoms with Crippen LogP contribution in [0, 0.1) is 0 Å². The van der Waals surface area contributed by atoms with Crippen LogP contribution in [-0.4, -0.2) is 5.71 Å². The van der Waals surface area contributed by atoms with Crippen LogP contribution in [0.15, 0.2) is 47.6 Å². The molecular weight excluding hydrogens is 198 g/mol. The van der Waals surface area contributed by atoms with Gasteiger partial charge in [0.15, 0.2) is 0 Å². The van der Waals surface area contributed by atoms with Crippen LogP contribution in [0.3, 0.4) is 0 Å². The van der Waals surface area contributed by atoms with Crippen LogP contribution >= 0.6 is 0 Å². The first kappa shape index (κ1) is 10.7. The minimum atomic E-state index is 0.520. The summed E-state index contributed by atoms with van der Waals surface area (Å²) in [5.74, 6) is 0. The van der Waals surface area contributed by atoms with Crippen molar-refractivity contribution in [2.24, 2.45) is 5.16 Å². The Morgan fingerprint density at radius 2 is 1.81 bits per heavy atom. The summed E-state index contributed by atoms with van der Waals surface area (Å²) in [4.78, 5) is 5.28. The highest BCUT2D eigenvalue weighted by molar-refractivity contribution is 5.85. The molecule has 2 nitrogen and oxygen atoms in total. The van der Waals surface area contributed by atoms with E-state index in [2.05, 4.69) is 29.4 Å². The lowest BCUT2D eigenvalue weighted by atomic mass is 10.1. The number of hydrogen-bond acceptors (Lipinski definition) is 2. The Morgan fingerprint density at radius 1 is 1.06 bits per heavy atom. The predicted molar refractivity (Wildman–Crippen MR) is 67.5 cm³/mol. The molecule has 0 fully saturated rings. The molecule has 0 aromatic heterocycles. The molecule has 0 saturated heterocycles. The summed E-state index contributed by atoms with van der Waals surface area (Å²) in [6.45, 7) is 4.36. The first-order valence-electron chi connectivity index (χ1n) is 5.37. The van der Waals surface area contributed by atoms with E-state index < -0.39 is 0 Å². The average molecular weight is 213 g/mol. The summed E-state index contributed by atoms with van der Waals surface area (Å²) in [5, 5.41) is 6.41. The summed E-state index contributed by atoms with van der Waals surface area (Å²) in [6.07, 6.45) is 0. The van der Waals surface area contributed by atoms with Crippen LogP contribution in [0.2, 0.25) is 0 Å². The van der Waals surface area contributed by atoms with Crippen molar-refractivity contribution in [1.29, 1.82) is 0 Å². The van der Waals surface area contributed by atoms with Gasteiger partial charge in [-0.3, -0.25) is 0 Å². The summed E-state index contributed by atoms with van der Waals surface area (Å²) in [6, 6.07) is 14.5. The average Bonchev–Trinajstić information content (AvgIpc) is 2.29. The number of hydrogen-bond donors (Lipinski definition) is 0. The molecule has 0 aliphatic rings. The summed E-state index contributed by atoms with van der Waals surface area (Å²) >= 11 is 0. The van der Waals surface area contributed by atoms with Crippen LogP contribution < -0.4 is 0 Å². The van der Waals surface area contributed by atoms with Gasteiger partial charge >= 0.3 is 0 Å². The monoisotopic (exact) mass is 213 g/mol. The molecule has 0 saturated carbocycles. The third-order valence-corrected chi connectivity index (χ3v) is 2.35. The second kappa shape index (κ2) is 4.79. The predicted octanol–water partition coefficient (Wildman–Crippen LogP) is 3.75. The quantitative estimate of drug-likeness (QED) is 0.562. The summed E-state index contributed by atoms with van der Waals surface area (Å²) < 4.78 is 0. The molecule has 0 aliphatic heterocycles. The highest BCUT2D eigenvalue weighted by Gasteiger charge is 1.99. The lowest BCUT2D eigenvalue weighted by Gasteiger charge is -2.05. The van der Waals surface area contributed by atoms with E-state index in [0.717, 1.165) is 5.71 Å². The fraction of sp³-hybridized carbons (Fsp3) is 0.214. The summed E-state index contributed by atoms with van der Waals surface area (Å²) in [7, 11) is 0. The highest BCUT2D eigenvalue weighted by atomic mass is 16.6. The Kier molecular flexibility index (Phi) is 3.20. The van der Waals surface area contributed by atoms with Gasteiger partial charge in [-0.15, -0.1) is 0 Å². The summed E-state index contributed by atoms with van der Waals surface area (Å²) in [5.41, 5.74) is 2.10. The lowest BCUT2D eigenvalue weighted by molar-refractivity contribution is 0.131. The van der Waals surface area contributed by atoms with Crippen molar-refractivity contribution in [3.8, 4) is 0 Å². The zero-order valence-electron chi connectivity index (χ0n) is 9.60. The maximum atomic E-state index is 5.28. The highest BCUT2D eigenvalue weighted by Crippen LogP contribution is 2.19. The van der Waals surface area contributed by atoms with Crippen molar-refractivity contribution in [3.05, 3.63) is 48.0 Å². The fourth-order valence-electron chi connectivity index (χ4n) is 1.65. The van der Waals surface area contributed by atoms with E-state index in [1.165, 1.54) is 16.3 Å². The lowest BCUT2D eigenvalue weighted by Crippen LogP contribution is -1.91. The first-order chi connectivity index (χ1) is 7.77. The van der Waals surface area contributed by atoms with Crippen LogP contribution in [-0.2, 0) is 11.4 Å². The smallest absolute Gasteiger partial charge is 0.142 e. The van der Waals surface area contributed by atoms with E-state index in [0.29, 0.717) is 6.61 Å². The minimum absolute atomic E-state index is 0.520. The van der Waals surface area contributed by atoms with Crippen molar-refractivity contribution >= 4 is 16.5 Å². The van der Waals surface area contributed by atoms with Crippen LogP contribution in [0.25, 0.3) is 10.8 Å². The van der Waals surface area contributed by atoms with Crippen molar-refractivity contribution < 1.29 is 4.84 Å². The third kappa shape index (κ3) is 2.40. The van der Waals surface area contributed by atoms with Crippen LogP contribution in [0.5, 0.6) is 0 Å². The molecule has 2 heteroatoms. The van der Waals surface area contributed by atoms with Gasteiger partial charge in [0.2, 0.25) is 0 Å². The fourth-order valence-corrected chi connectivity index (χ4v) is 1.65. The Morgan fingerprint density at radius 3 is 2.62 bits per heavy atom. The van der Waals surface area contributed by atoms with E-state index in [9.17, 15) is 0 Å². The number of rotatable bonds is 3. The topological polar surface area (TPSA) is 21.6 Å². The van der Waals surface area contributed by atoms with Crippen molar-refractivity contribution in [2.45, 2.75) is 20.5 Å². The van der Waals surface area contributed by atoms with Gasteiger partial charge in [0.1, 0.15) is 6.61 Å². The molecule has 16 heavy (non-hydrogen) atoms. The van der Waals surface area contributed by atoms with E-state index >= 15 is 0 Å². The molecule has 82 valence electrons. The molecule has 0 atom stereocenters. The second-order valence-electron chi connectivity index (χ2n) is 3.95. The van der Waals surface area contributed by atoms with Gasteiger partial charge in [-0.25, -0.2) is 0 Å². The van der Waals surface area contributed by atoms with Crippen molar-refractivity contribution in [3.63, 3.8) is 0 Å². The van der Waals surface area contributed by atoms with Gasteiger partial charge in [-0.1, -0.05) is 47.6 Å². The molecule has 0 unspecified atom stereocenters. The van der Waals surface area contributed by atoms with Crippen LogP contribution in [0.1, 0.15) is 19.4 Å². The van der Waals surface area contributed by atoms with Crippen molar-refractivity contribution in [2.75, 3.05) is 0 Å². The molecule has 2 aromatic carbocycles. The van der Waals surface area contributed by atoms with Crippen LogP contribution in [0.4, 0.5) is 0 Å². The SMILES string of the molecule is CC(C)=NOCc1cccc2ccccc12. The number of nitrogens with zero attached hydrogens (tertiary/aromatic N) is 1. The molecule has 0 amide bonds. The Bertz CT molecular complexity index is 508. The zero-order valence-corrected chi connectivity index (χ0v) is 9.60. The van der Waals surface area contributed by atoms with Crippen molar-refractivity contribution in [1.82, 2.24) is 0 Å². The second-order valence-corrected chi connectivity index (χ2v) is 3.95. The number of oxime groups is 1. The number of fused-ring (bicyclic) bond motifs is 1.